The molecule has 1 fully saturated rings. The van der Waals surface area contributed by atoms with Crippen LogP contribution in [0, 0.1) is 5.92 Å². The van der Waals surface area contributed by atoms with E-state index < -0.39 is 0 Å². The summed E-state index contributed by atoms with van der Waals surface area (Å²) in [7, 11) is 0. The first-order chi connectivity index (χ1) is 9.79. The maximum absolute atomic E-state index is 6.23. The summed E-state index contributed by atoms with van der Waals surface area (Å²) in [5.41, 5.74) is 6.70. The number of halogens is 1. The van der Waals surface area contributed by atoms with Crippen LogP contribution in [0.15, 0.2) is 30.5 Å². The highest BCUT2D eigenvalue weighted by Gasteiger charge is 2.26. The molecule has 0 spiro atoms. The Morgan fingerprint density at radius 2 is 2.10 bits per heavy atom. The molecule has 4 heteroatoms. The number of ether oxygens (including phenoxy) is 1. The fraction of sp³-hybridized carbons (Fsp3) is 0.438. The molecule has 1 aliphatic carbocycles. The van der Waals surface area contributed by atoms with Crippen molar-refractivity contribution >= 4 is 22.5 Å². The Labute approximate surface area is 124 Å². The molecule has 0 saturated heterocycles. The van der Waals surface area contributed by atoms with E-state index in [2.05, 4.69) is 4.98 Å². The van der Waals surface area contributed by atoms with E-state index >= 15 is 0 Å². The molecule has 3 nitrogen and oxygen atoms in total. The van der Waals surface area contributed by atoms with Crippen molar-refractivity contribution < 1.29 is 4.74 Å². The van der Waals surface area contributed by atoms with Crippen molar-refractivity contribution in [3.63, 3.8) is 0 Å². The molecule has 2 unspecified atom stereocenters. The number of hydrogen-bond donors (Lipinski definition) is 1. The molecule has 1 saturated carbocycles. The van der Waals surface area contributed by atoms with Crippen molar-refractivity contribution in [3.8, 4) is 5.75 Å². The van der Waals surface area contributed by atoms with Crippen LogP contribution in [0.4, 0.5) is 0 Å². The van der Waals surface area contributed by atoms with Crippen LogP contribution in [0.25, 0.3) is 10.9 Å². The zero-order valence-corrected chi connectivity index (χ0v) is 12.1. The monoisotopic (exact) mass is 290 g/mol. The van der Waals surface area contributed by atoms with Crippen molar-refractivity contribution in [3.05, 3.63) is 35.5 Å². The van der Waals surface area contributed by atoms with Gasteiger partial charge in [0.25, 0.3) is 0 Å². The lowest BCUT2D eigenvalue weighted by molar-refractivity contribution is 0.0984. The van der Waals surface area contributed by atoms with Crippen LogP contribution in [0.2, 0.25) is 5.02 Å². The second-order valence-electron chi connectivity index (χ2n) is 5.38. The number of nitrogens with two attached hydrogens (primary N) is 1. The van der Waals surface area contributed by atoms with Gasteiger partial charge in [0.2, 0.25) is 0 Å². The number of rotatable bonds is 3. The molecule has 106 valence electrons. The molecule has 2 N–H and O–H groups in total. The Morgan fingerprint density at radius 1 is 1.25 bits per heavy atom. The van der Waals surface area contributed by atoms with Crippen molar-refractivity contribution in [1.82, 2.24) is 4.98 Å². The van der Waals surface area contributed by atoms with Gasteiger partial charge >= 0.3 is 0 Å². The second-order valence-corrected chi connectivity index (χ2v) is 5.79. The zero-order valence-electron chi connectivity index (χ0n) is 11.4. The quantitative estimate of drug-likeness (QED) is 0.936. The van der Waals surface area contributed by atoms with Crippen molar-refractivity contribution in [2.75, 3.05) is 6.54 Å². The van der Waals surface area contributed by atoms with E-state index in [4.69, 9.17) is 22.1 Å². The predicted molar refractivity (Wildman–Crippen MR) is 82.2 cm³/mol. The van der Waals surface area contributed by atoms with Gasteiger partial charge in [-0.25, -0.2) is 0 Å². The third-order valence-electron chi connectivity index (χ3n) is 4.10. The number of aromatic nitrogens is 1. The van der Waals surface area contributed by atoms with Gasteiger partial charge in [0.15, 0.2) is 0 Å². The molecule has 1 aromatic carbocycles. The van der Waals surface area contributed by atoms with Crippen LogP contribution in [0.1, 0.15) is 25.7 Å². The van der Waals surface area contributed by atoms with E-state index in [0.29, 0.717) is 17.5 Å². The van der Waals surface area contributed by atoms with Crippen LogP contribution in [-0.4, -0.2) is 17.6 Å². The average Bonchev–Trinajstić information content (AvgIpc) is 2.51. The molecule has 0 amide bonds. The second kappa shape index (κ2) is 5.98. The molecule has 3 rings (SSSR count). The van der Waals surface area contributed by atoms with E-state index in [1.807, 2.05) is 24.3 Å². The summed E-state index contributed by atoms with van der Waals surface area (Å²) in [5, 5.41) is 1.64. The van der Waals surface area contributed by atoms with Crippen molar-refractivity contribution in [1.29, 1.82) is 0 Å². The molecular formula is C16H19ClN2O. The zero-order chi connectivity index (χ0) is 13.9. The third-order valence-corrected chi connectivity index (χ3v) is 4.43. The fourth-order valence-corrected chi connectivity index (χ4v) is 3.18. The number of fused-ring (bicyclic) bond motifs is 1. The highest BCUT2D eigenvalue weighted by molar-refractivity contribution is 6.35. The Kier molecular flexibility index (Phi) is 4.08. The molecule has 1 aromatic heterocycles. The Bertz CT molecular complexity index is 602. The summed E-state index contributed by atoms with van der Waals surface area (Å²) in [6.07, 6.45) is 6.65. The van der Waals surface area contributed by atoms with Crippen molar-refractivity contribution in [2.24, 2.45) is 11.7 Å². The lowest BCUT2D eigenvalue weighted by Crippen LogP contribution is -2.35. The molecule has 2 aromatic rings. The van der Waals surface area contributed by atoms with E-state index in [1.54, 1.807) is 6.20 Å². The highest BCUT2D eigenvalue weighted by Crippen LogP contribution is 2.33. The summed E-state index contributed by atoms with van der Waals surface area (Å²) >= 11 is 6.21. The number of benzene rings is 1. The molecule has 0 bridgehead atoms. The Balaban J connectivity index is 1.92. The lowest BCUT2D eigenvalue weighted by atomic mass is 9.86. The summed E-state index contributed by atoms with van der Waals surface area (Å²) in [5.74, 6) is 1.26. The van der Waals surface area contributed by atoms with E-state index in [1.165, 1.54) is 12.8 Å². The fourth-order valence-electron chi connectivity index (χ4n) is 2.97. The standard InChI is InChI=1S/C16H19ClN2O/c17-13-7-8-15(16-12(13)5-3-9-19-16)20-14-6-2-1-4-11(14)10-18/h3,5,7-9,11,14H,1-2,4,6,10,18H2. The molecule has 0 radical (unpaired) electrons. The van der Waals surface area contributed by atoms with E-state index in [9.17, 15) is 0 Å². The molecule has 2 atom stereocenters. The largest absolute Gasteiger partial charge is 0.488 e. The van der Waals surface area contributed by atoms with Gasteiger partial charge in [-0.1, -0.05) is 18.0 Å². The van der Waals surface area contributed by atoms with E-state index in [-0.39, 0.29) is 6.10 Å². The minimum Gasteiger partial charge on any atom is -0.488 e. The summed E-state index contributed by atoms with van der Waals surface area (Å²) in [6.45, 7) is 0.684. The normalized spacial score (nSPS) is 22.9. The smallest absolute Gasteiger partial charge is 0.146 e. The van der Waals surface area contributed by atoms with Gasteiger partial charge in [-0.3, -0.25) is 4.98 Å². The molecule has 1 aliphatic rings. The van der Waals surface area contributed by atoms with Crippen LogP contribution < -0.4 is 10.5 Å². The average molecular weight is 291 g/mol. The molecule has 0 aliphatic heterocycles. The van der Waals surface area contributed by atoms with Crippen LogP contribution in [0.5, 0.6) is 5.75 Å². The first kappa shape index (κ1) is 13.7. The van der Waals surface area contributed by atoms with Gasteiger partial charge in [0.05, 0.1) is 5.02 Å². The Morgan fingerprint density at radius 3 is 2.95 bits per heavy atom. The SMILES string of the molecule is NCC1CCCCC1Oc1ccc(Cl)c2cccnc12. The predicted octanol–water partition coefficient (Wildman–Crippen LogP) is 3.78. The van der Waals surface area contributed by atoms with Gasteiger partial charge in [-0.2, -0.15) is 0 Å². The third kappa shape index (κ3) is 2.60. The first-order valence-electron chi connectivity index (χ1n) is 7.19. The number of pyridine rings is 1. The van der Waals surface area contributed by atoms with Crippen LogP contribution >= 0.6 is 11.6 Å². The maximum atomic E-state index is 6.23. The minimum absolute atomic E-state index is 0.195. The number of hydrogen-bond acceptors (Lipinski definition) is 3. The summed E-state index contributed by atoms with van der Waals surface area (Å²) in [6, 6.07) is 7.65. The highest BCUT2D eigenvalue weighted by atomic mass is 35.5. The topological polar surface area (TPSA) is 48.1 Å². The van der Waals surface area contributed by atoms with Gasteiger partial charge < -0.3 is 10.5 Å². The van der Waals surface area contributed by atoms with Crippen LogP contribution in [-0.2, 0) is 0 Å². The lowest BCUT2D eigenvalue weighted by Gasteiger charge is -2.31. The summed E-state index contributed by atoms with van der Waals surface area (Å²) in [4.78, 5) is 4.42. The van der Waals surface area contributed by atoms with Crippen molar-refractivity contribution in [2.45, 2.75) is 31.8 Å². The number of nitrogens with zero attached hydrogens (tertiary/aromatic N) is 1. The maximum Gasteiger partial charge on any atom is 0.146 e. The first-order valence-corrected chi connectivity index (χ1v) is 7.57. The van der Waals surface area contributed by atoms with Gasteiger partial charge in [0.1, 0.15) is 17.4 Å². The molecule has 1 heterocycles. The summed E-state index contributed by atoms with van der Waals surface area (Å²) < 4.78 is 6.23. The Hall–Kier alpha value is -1.32. The van der Waals surface area contributed by atoms with Gasteiger partial charge in [0, 0.05) is 17.5 Å². The van der Waals surface area contributed by atoms with Crippen LogP contribution in [0.3, 0.4) is 0 Å². The molecule has 20 heavy (non-hydrogen) atoms. The van der Waals surface area contributed by atoms with Gasteiger partial charge in [-0.05, 0) is 50.1 Å². The van der Waals surface area contributed by atoms with E-state index in [0.717, 1.165) is 29.5 Å². The van der Waals surface area contributed by atoms with Gasteiger partial charge in [-0.15, -0.1) is 0 Å². The molecular weight excluding hydrogens is 272 g/mol. The minimum atomic E-state index is 0.195.